The largest absolute Gasteiger partial charge is 0.388 e. The summed E-state index contributed by atoms with van der Waals surface area (Å²) in [7, 11) is 5.39. The monoisotopic (exact) mass is 732 g/mol. The molecule has 2 heterocycles. The molecule has 0 bridgehead atoms. The molecule has 52 heavy (non-hydrogen) atoms. The van der Waals surface area contributed by atoms with Gasteiger partial charge in [-0.1, -0.05) is 18.2 Å². The van der Waals surface area contributed by atoms with Crippen molar-refractivity contribution in [1.29, 1.82) is 0 Å². The molecule has 1 aromatic heterocycles. The number of carbonyl (C=O) groups is 3. The van der Waals surface area contributed by atoms with Gasteiger partial charge < -0.3 is 20.9 Å². The number of halogens is 3. The minimum Gasteiger partial charge on any atom is -0.388 e. The molecule has 2 aliphatic rings. The van der Waals surface area contributed by atoms with Crippen molar-refractivity contribution in [2.24, 2.45) is 0 Å². The fraction of sp³-hybridized carbons (Fsp3) is 0.308. The number of amides is 4. The van der Waals surface area contributed by atoms with E-state index < -0.39 is 23.5 Å². The Kier molecular flexibility index (Phi) is 12.7. The Balaban J connectivity index is 0.000000979. The third-order valence-corrected chi connectivity index (χ3v) is 10.3. The highest BCUT2D eigenvalue weighted by Gasteiger charge is 2.42. The number of thiophene rings is 1. The van der Waals surface area contributed by atoms with Gasteiger partial charge in [0.15, 0.2) is 0 Å². The van der Waals surface area contributed by atoms with Crippen LogP contribution in [0.25, 0.3) is 16.1 Å². The van der Waals surface area contributed by atoms with E-state index in [9.17, 15) is 18.8 Å². The smallest absolute Gasteiger partial charge is 0.334 e. The number of rotatable bonds is 12. The molecule has 4 amide bonds. The zero-order chi connectivity index (χ0) is 37.4. The first-order valence-corrected chi connectivity index (χ1v) is 18.0. The number of anilines is 3. The summed E-state index contributed by atoms with van der Waals surface area (Å²) in [6.07, 6.45) is 3.53. The summed E-state index contributed by atoms with van der Waals surface area (Å²) in [4.78, 5) is 42.1. The maximum absolute atomic E-state index is 15.1. The van der Waals surface area contributed by atoms with Gasteiger partial charge in [0.1, 0.15) is 22.5 Å². The lowest BCUT2D eigenvalue weighted by Gasteiger charge is -2.40. The van der Waals surface area contributed by atoms with Crippen molar-refractivity contribution in [3.63, 3.8) is 0 Å². The highest BCUT2D eigenvalue weighted by Crippen LogP contribution is 2.53. The zero-order valence-electron chi connectivity index (χ0n) is 29.7. The third kappa shape index (κ3) is 8.32. The Morgan fingerprint density at radius 2 is 1.63 bits per heavy atom. The van der Waals surface area contributed by atoms with Crippen molar-refractivity contribution < 1.29 is 27.6 Å². The van der Waals surface area contributed by atoms with E-state index in [1.54, 1.807) is 24.1 Å². The summed E-state index contributed by atoms with van der Waals surface area (Å²) < 4.78 is 44.4. The molecule has 0 unspecified atom stereocenters. The van der Waals surface area contributed by atoms with Crippen molar-refractivity contribution in [3.05, 3.63) is 106 Å². The van der Waals surface area contributed by atoms with E-state index in [-0.39, 0.29) is 18.0 Å². The maximum atomic E-state index is 15.1. The zero-order valence-corrected chi connectivity index (χ0v) is 30.5. The Hall–Kier alpha value is -5.14. The molecule has 0 saturated heterocycles. The Morgan fingerprint density at radius 3 is 2.17 bits per heavy atom. The number of urea groups is 1. The van der Waals surface area contributed by atoms with E-state index in [0.29, 0.717) is 36.6 Å². The highest BCUT2D eigenvalue weighted by molar-refractivity contribution is 7.20. The van der Waals surface area contributed by atoms with E-state index in [0.717, 1.165) is 64.3 Å². The molecule has 4 aromatic rings. The number of nitrogens with one attached hydrogen (secondary N) is 3. The summed E-state index contributed by atoms with van der Waals surface area (Å²) >= 11 is 1.41. The Morgan fingerprint density at radius 1 is 0.962 bits per heavy atom. The molecule has 274 valence electrons. The maximum Gasteiger partial charge on any atom is 0.334 e. The van der Waals surface area contributed by atoms with E-state index in [1.165, 1.54) is 46.6 Å². The lowest BCUT2D eigenvalue weighted by Crippen LogP contribution is -2.47. The minimum absolute atomic E-state index is 0.0736. The lowest BCUT2D eigenvalue weighted by atomic mass is 9.85. The lowest BCUT2D eigenvalue weighted by molar-refractivity contribution is -0.120. The quantitative estimate of drug-likeness (QED) is 0.130. The average Bonchev–Trinajstić information content (AvgIpc) is 3.48. The van der Waals surface area contributed by atoms with Crippen molar-refractivity contribution >= 4 is 51.8 Å². The van der Waals surface area contributed by atoms with Gasteiger partial charge in [0, 0.05) is 61.8 Å². The summed E-state index contributed by atoms with van der Waals surface area (Å²) in [5.41, 5.74) is 5.67. The van der Waals surface area contributed by atoms with Crippen LogP contribution in [0.15, 0.2) is 72.3 Å². The number of hydrogen-bond donors (Lipinski definition) is 3. The topological polar surface area (TPSA) is 97.0 Å². The van der Waals surface area contributed by atoms with Crippen LogP contribution >= 0.6 is 11.3 Å². The van der Waals surface area contributed by atoms with Crippen LogP contribution in [0, 0.1) is 17.5 Å². The molecule has 1 aliphatic heterocycles. The second-order valence-electron chi connectivity index (χ2n) is 12.4. The number of fused-ring (bicyclic) bond motifs is 1. The first kappa shape index (κ1) is 38.1. The van der Waals surface area contributed by atoms with Gasteiger partial charge in [0.2, 0.25) is 12.3 Å². The van der Waals surface area contributed by atoms with Crippen LogP contribution in [0.5, 0.6) is 0 Å². The van der Waals surface area contributed by atoms with Crippen LogP contribution in [0.4, 0.5) is 34.3 Å². The van der Waals surface area contributed by atoms with E-state index in [2.05, 4.69) is 20.9 Å². The normalized spacial score (nSPS) is 13.7. The second kappa shape index (κ2) is 17.4. The summed E-state index contributed by atoms with van der Waals surface area (Å²) in [5, 5.41) is 8.83. The Labute approximate surface area is 306 Å². The predicted molar refractivity (Wildman–Crippen MR) is 202 cm³/mol. The molecule has 1 fully saturated rings. The van der Waals surface area contributed by atoms with Crippen LogP contribution < -0.4 is 25.8 Å². The first-order chi connectivity index (χ1) is 25.1. The van der Waals surface area contributed by atoms with Crippen LogP contribution in [0.1, 0.15) is 49.3 Å². The van der Waals surface area contributed by atoms with Gasteiger partial charge in [-0.15, -0.1) is 11.3 Å². The van der Waals surface area contributed by atoms with Gasteiger partial charge in [-0.05, 0) is 98.5 Å². The highest BCUT2D eigenvalue weighted by atomic mass is 32.1. The van der Waals surface area contributed by atoms with Gasteiger partial charge in [-0.3, -0.25) is 19.4 Å². The van der Waals surface area contributed by atoms with Crippen LogP contribution in [-0.4, -0.2) is 57.5 Å². The fourth-order valence-electron chi connectivity index (χ4n) is 6.06. The van der Waals surface area contributed by atoms with Crippen molar-refractivity contribution in [1.82, 2.24) is 15.5 Å². The van der Waals surface area contributed by atoms with Crippen LogP contribution in [-0.2, 0) is 22.7 Å². The number of nitrogens with zero attached hydrogens (tertiary/aromatic N) is 3. The molecule has 3 N–H and O–H groups in total. The van der Waals surface area contributed by atoms with Crippen LogP contribution in [0.2, 0.25) is 0 Å². The molecule has 1 aliphatic carbocycles. The van der Waals surface area contributed by atoms with E-state index >= 15 is 8.78 Å². The van der Waals surface area contributed by atoms with Gasteiger partial charge in [0.25, 0.3) is 0 Å². The fourth-order valence-corrected chi connectivity index (χ4v) is 7.37. The summed E-state index contributed by atoms with van der Waals surface area (Å²) in [6.45, 7) is 3.18. The van der Waals surface area contributed by atoms with E-state index in [4.69, 9.17) is 0 Å². The third-order valence-electron chi connectivity index (χ3n) is 9.02. The molecule has 0 radical (unpaired) electrons. The SMILES string of the molecule is CCNC=O.CNC(=O)CCN(C)Cc1c(-c2ccc(NC)cc2)sc2c1C(=C1CCC1)N(c1ccc(F)cc1)C(=O)N2Cc1c(F)cccc1F. The predicted octanol–water partition coefficient (Wildman–Crippen LogP) is 7.74. The minimum atomic E-state index is -0.746. The standard InChI is InChI=1S/C36H36F3N5O2S.C3H7NO/c1-40-25-14-10-23(11-15-25)34-28(20-42(3)19-18-31(45)41-2)32-33(22-6-4-7-22)44(26-16-12-24(37)13-17-26)36(46)43(35(32)47-34)21-27-29(38)8-5-9-30(27)39;1-2-4-3-5/h5,8-17,40H,4,6-7,18-21H2,1-3H3,(H,41,45);3H,2H2,1H3,(H,4,5). The average molecular weight is 733 g/mol. The van der Waals surface area contributed by atoms with Gasteiger partial charge >= 0.3 is 6.03 Å². The number of benzene rings is 3. The second-order valence-corrected chi connectivity index (χ2v) is 13.4. The summed E-state index contributed by atoms with van der Waals surface area (Å²) in [6, 6.07) is 16.9. The molecule has 9 nitrogen and oxygen atoms in total. The summed E-state index contributed by atoms with van der Waals surface area (Å²) in [5.74, 6) is -2.01. The molecule has 13 heteroatoms. The van der Waals surface area contributed by atoms with Crippen molar-refractivity contribution in [2.75, 3.05) is 49.3 Å². The number of hydrogen-bond acceptors (Lipinski definition) is 6. The van der Waals surface area contributed by atoms with Gasteiger partial charge in [0.05, 0.1) is 17.9 Å². The molecular formula is C39H43F3N6O3S. The van der Waals surface area contributed by atoms with Crippen molar-refractivity contribution in [3.8, 4) is 10.4 Å². The van der Waals surface area contributed by atoms with Crippen LogP contribution in [0.3, 0.4) is 0 Å². The van der Waals surface area contributed by atoms with Gasteiger partial charge in [-0.2, -0.15) is 0 Å². The Bertz CT molecular complexity index is 1900. The number of allylic oxidation sites excluding steroid dienone is 1. The molecule has 1 saturated carbocycles. The van der Waals surface area contributed by atoms with Crippen molar-refractivity contribution in [2.45, 2.75) is 45.7 Å². The first-order valence-electron chi connectivity index (χ1n) is 17.1. The molecular weight excluding hydrogens is 690 g/mol. The van der Waals surface area contributed by atoms with E-state index in [1.807, 2.05) is 45.3 Å². The molecule has 0 atom stereocenters. The molecule has 6 rings (SSSR count). The number of carbonyl (C=O) groups excluding carboxylic acids is 3. The van der Waals surface area contributed by atoms with Gasteiger partial charge in [-0.25, -0.2) is 18.0 Å². The molecule has 3 aromatic carbocycles. The molecule has 0 spiro atoms.